The standard InChI is InChI=1S/C75H45N5/c1-2-17-46(18-3-1)47-19-16-20-52(41-47)79-69-31-14-12-29-63(69)67-42-48(35-39-71(67)79)49-36-40-72-68(43-49)64-30-13-15-32-70(64)80(72)75-77-73(50-33-37-61-57-25-6-4-21-53(57)55-23-8-10-27-59(55)65(61)44-50)76-74(78-75)51-34-38-62-58-26-7-5-22-54(58)56-24-9-11-28-60(56)66(62)45-51/h1-45H. The lowest BCUT2D eigenvalue weighted by Crippen LogP contribution is -2.06. The molecule has 0 unspecified atom stereocenters. The first-order chi connectivity index (χ1) is 39.7. The maximum Gasteiger partial charge on any atom is 0.238 e. The van der Waals surface area contributed by atoms with Crippen LogP contribution in [0, 0.1) is 0 Å². The van der Waals surface area contributed by atoms with Gasteiger partial charge in [-0.15, -0.1) is 0 Å². The van der Waals surface area contributed by atoms with E-state index in [1.54, 1.807) is 0 Å². The summed E-state index contributed by atoms with van der Waals surface area (Å²) in [5.74, 6) is 1.77. The molecule has 0 amide bonds. The maximum atomic E-state index is 5.51. The van der Waals surface area contributed by atoms with Gasteiger partial charge in [0.05, 0.1) is 22.1 Å². The summed E-state index contributed by atoms with van der Waals surface area (Å²) in [6.07, 6.45) is 0. The molecule has 0 bridgehead atoms. The van der Waals surface area contributed by atoms with Crippen LogP contribution in [0.1, 0.15) is 0 Å². The highest BCUT2D eigenvalue weighted by Gasteiger charge is 2.21. The van der Waals surface area contributed by atoms with E-state index in [2.05, 4.69) is 282 Å². The Hall–Kier alpha value is -10.8. The second-order valence-corrected chi connectivity index (χ2v) is 21.1. The molecule has 0 radical (unpaired) electrons. The average molecular weight is 1020 g/mol. The Labute approximate surface area is 459 Å². The van der Waals surface area contributed by atoms with Crippen LogP contribution in [0.15, 0.2) is 273 Å². The monoisotopic (exact) mass is 1020 g/mol. The van der Waals surface area contributed by atoms with Gasteiger partial charge in [0, 0.05) is 38.4 Å². The molecule has 0 N–H and O–H groups in total. The van der Waals surface area contributed by atoms with Crippen molar-refractivity contribution in [1.82, 2.24) is 24.1 Å². The van der Waals surface area contributed by atoms with Crippen LogP contribution < -0.4 is 0 Å². The summed E-state index contributed by atoms with van der Waals surface area (Å²) in [6, 6.07) is 99.0. The molecule has 5 nitrogen and oxygen atoms in total. The maximum absolute atomic E-state index is 5.51. The quantitative estimate of drug-likeness (QED) is 0.156. The summed E-state index contributed by atoms with van der Waals surface area (Å²) in [5.41, 5.74) is 12.0. The van der Waals surface area contributed by atoms with Gasteiger partial charge in [-0.1, -0.05) is 212 Å². The highest BCUT2D eigenvalue weighted by molar-refractivity contribution is 6.27. The summed E-state index contributed by atoms with van der Waals surface area (Å²) >= 11 is 0. The smallest absolute Gasteiger partial charge is 0.238 e. The third-order valence-corrected chi connectivity index (χ3v) is 16.7. The Morgan fingerprint density at radius 1 is 0.188 bits per heavy atom. The van der Waals surface area contributed by atoms with Crippen LogP contribution in [0.4, 0.5) is 0 Å². The van der Waals surface area contributed by atoms with Gasteiger partial charge in [0.25, 0.3) is 0 Å². The van der Waals surface area contributed by atoms with Crippen LogP contribution in [-0.2, 0) is 0 Å². The van der Waals surface area contributed by atoms with Gasteiger partial charge in [0.1, 0.15) is 0 Å². The third-order valence-electron chi connectivity index (χ3n) is 16.7. The van der Waals surface area contributed by atoms with Crippen LogP contribution in [0.25, 0.3) is 165 Å². The minimum absolute atomic E-state index is 0.557. The van der Waals surface area contributed by atoms with Gasteiger partial charge in [0.2, 0.25) is 5.95 Å². The highest BCUT2D eigenvalue weighted by Crippen LogP contribution is 2.42. The predicted octanol–water partition coefficient (Wildman–Crippen LogP) is 19.7. The molecule has 80 heavy (non-hydrogen) atoms. The normalized spacial score (nSPS) is 12.0. The van der Waals surface area contributed by atoms with Crippen molar-refractivity contribution >= 4 is 108 Å². The lowest BCUT2D eigenvalue weighted by atomic mass is 9.93. The Morgan fingerprint density at radius 2 is 0.525 bits per heavy atom. The van der Waals surface area contributed by atoms with Crippen LogP contribution in [-0.4, -0.2) is 24.1 Å². The SMILES string of the molecule is c1ccc(-c2cccc(-n3c4ccccc4c4cc(-c5ccc6c(c5)c5ccccc5n6-c5nc(-c6ccc7c8ccccc8c8ccccc8c7c6)nc(-c6ccc7c8ccccc8c8ccccc8c7c6)n5)ccc43)c2)cc1. The summed E-state index contributed by atoms with van der Waals surface area (Å²) in [6.45, 7) is 0. The van der Waals surface area contributed by atoms with E-state index in [1.165, 1.54) is 86.8 Å². The first-order valence-corrected chi connectivity index (χ1v) is 27.3. The van der Waals surface area contributed by atoms with Gasteiger partial charge in [-0.25, -0.2) is 4.98 Å². The van der Waals surface area contributed by atoms with Crippen LogP contribution in [0.5, 0.6) is 0 Å². The Morgan fingerprint density at radius 3 is 1.01 bits per heavy atom. The Bertz CT molecular complexity index is 5190. The molecule has 3 aromatic heterocycles. The molecule has 0 saturated heterocycles. The number of fused-ring (bicyclic) bond motifs is 18. The van der Waals surface area contributed by atoms with Crippen molar-refractivity contribution in [2.24, 2.45) is 0 Å². The number of hydrogen-bond donors (Lipinski definition) is 0. The van der Waals surface area contributed by atoms with Gasteiger partial charge in [-0.2, -0.15) is 9.97 Å². The lowest BCUT2D eigenvalue weighted by Gasteiger charge is -2.14. The lowest BCUT2D eigenvalue weighted by molar-refractivity contribution is 0.954. The van der Waals surface area contributed by atoms with E-state index < -0.39 is 0 Å². The molecule has 0 aliphatic carbocycles. The number of rotatable bonds is 6. The molecule has 3 heterocycles. The Balaban J connectivity index is 0.861. The summed E-state index contributed by atoms with van der Waals surface area (Å²) in [4.78, 5) is 16.5. The first kappa shape index (κ1) is 44.4. The summed E-state index contributed by atoms with van der Waals surface area (Å²) in [7, 11) is 0. The van der Waals surface area contributed by atoms with Crippen LogP contribution in [0.3, 0.4) is 0 Å². The fraction of sp³-hybridized carbons (Fsp3) is 0. The van der Waals surface area contributed by atoms with E-state index in [0.717, 1.165) is 60.5 Å². The molecule has 370 valence electrons. The second-order valence-electron chi connectivity index (χ2n) is 21.1. The van der Waals surface area contributed by atoms with Crippen molar-refractivity contribution < 1.29 is 0 Å². The highest BCUT2D eigenvalue weighted by atomic mass is 15.2. The van der Waals surface area contributed by atoms with Gasteiger partial charge in [-0.3, -0.25) is 4.57 Å². The molecular weight excluding hydrogens is 971 g/mol. The number of benzene rings is 14. The molecule has 0 fully saturated rings. The van der Waals surface area contributed by atoms with E-state index in [9.17, 15) is 0 Å². The van der Waals surface area contributed by atoms with E-state index in [4.69, 9.17) is 15.0 Å². The van der Waals surface area contributed by atoms with E-state index in [0.29, 0.717) is 17.6 Å². The van der Waals surface area contributed by atoms with Crippen molar-refractivity contribution in [2.45, 2.75) is 0 Å². The molecule has 0 saturated carbocycles. The van der Waals surface area contributed by atoms with Crippen molar-refractivity contribution in [1.29, 1.82) is 0 Å². The largest absolute Gasteiger partial charge is 0.309 e. The topological polar surface area (TPSA) is 48.5 Å². The zero-order valence-corrected chi connectivity index (χ0v) is 43.2. The number of hydrogen-bond acceptors (Lipinski definition) is 3. The average Bonchev–Trinajstić information content (AvgIpc) is 4.10. The van der Waals surface area contributed by atoms with Crippen LogP contribution in [0.2, 0.25) is 0 Å². The molecule has 0 spiro atoms. The summed E-state index contributed by atoms with van der Waals surface area (Å²) < 4.78 is 4.64. The second kappa shape index (κ2) is 17.4. The zero-order chi connectivity index (χ0) is 52.4. The van der Waals surface area contributed by atoms with Gasteiger partial charge >= 0.3 is 0 Å². The van der Waals surface area contributed by atoms with Crippen molar-refractivity contribution in [3.05, 3.63) is 273 Å². The fourth-order valence-electron chi connectivity index (χ4n) is 13.1. The first-order valence-electron chi connectivity index (χ1n) is 27.3. The molecule has 0 aliphatic heterocycles. The molecule has 14 aromatic carbocycles. The minimum Gasteiger partial charge on any atom is -0.309 e. The van der Waals surface area contributed by atoms with Gasteiger partial charge in [0.15, 0.2) is 11.6 Å². The van der Waals surface area contributed by atoms with E-state index in [-0.39, 0.29) is 0 Å². The van der Waals surface area contributed by atoms with E-state index >= 15 is 0 Å². The van der Waals surface area contributed by atoms with E-state index in [1.807, 2.05) is 0 Å². The minimum atomic E-state index is 0.557. The van der Waals surface area contributed by atoms with Crippen molar-refractivity contribution in [3.8, 4) is 56.7 Å². The predicted molar refractivity (Wildman–Crippen MR) is 335 cm³/mol. The number of para-hydroxylation sites is 2. The fourth-order valence-corrected chi connectivity index (χ4v) is 13.1. The number of aromatic nitrogens is 5. The molecule has 0 aliphatic rings. The summed E-state index contributed by atoms with van der Waals surface area (Å²) in [5, 5.41) is 19.2. The van der Waals surface area contributed by atoms with Gasteiger partial charge in [-0.05, 0) is 148 Å². The van der Waals surface area contributed by atoms with Crippen molar-refractivity contribution in [2.75, 3.05) is 0 Å². The Kier molecular flexibility index (Phi) is 9.64. The molecule has 5 heteroatoms. The molecular formula is C75H45N5. The van der Waals surface area contributed by atoms with Crippen LogP contribution >= 0.6 is 0 Å². The molecule has 17 rings (SSSR count). The third kappa shape index (κ3) is 6.74. The van der Waals surface area contributed by atoms with Crippen molar-refractivity contribution in [3.63, 3.8) is 0 Å². The molecule has 0 atom stereocenters. The van der Waals surface area contributed by atoms with Gasteiger partial charge < -0.3 is 4.57 Å². The zero-order valence-electron chi connectivity index (χ0n) is 43.2. The number of nitrogens with zero attached hydrogens (tertiary/aromatic N) is 5. The molecule has 17 aromatic rings.